The van der Waals surface area contributed by atoms with Gasteiger partial charge in [-0.05, 0) is 18.4 Å². The van der Waals surface area contributed by atoms with Gasteiger partial charge in [0.2, 0.25) is 0 Å². The van der Waals surface area contributed by atoms with Gasteiger partial charge in [0.25, 0.3) is 0 Å². The molecule has 19 heavy (non-hydrogen) atoms. The average molecular weight is 265 g/mol. The van der Waals surface area contributed by atoms with Gasteiger partial charge in [0.15, 0.2) is 0 Å². The van der Waals surface area contributed by atoms with Crippen molar-refractivity contribution in [1.82, 2.24) is 4.90 Å². The number of aliphatic carboxylic acids is 1. The monoisotopic (exact) mass is 265 g/mol. The summed E-state index contributed by atoms with van der Waals surface area (Å²) in [6, 6.07) is 10.1. The molecule has 0 aliphatic rings. The summed E-state index contributed by atoms with van der Waals surface area (Å²) in [5.41, 5.74) is 1.25. The van der Waals surface area contributed by atoms with E-state index in [1.54, 1.807) is 6.92 Å². The van der Waals surface area contributed by atoms with Gasteiger partial charge in [-0.15, -0.1) is 0 Å². The second kappa shape index (κ2) is 8.67. The van der Waals surface area contributed by atoms with E-state index in [2.05, 4.69) is 17.0 Å². The van der Waals surface area contributed by atoms with Gasteiger partial charge in [0.05, 0.1) is 5.92 Å². The predicted molar refractivity (Wildman–Crippen MR) is 75.1 cm³/mol. The molecule has 0 heterocycles. The smallest absolute Gasteiger partial charge is 0.307 e. The van der Waals surface area contributed by atoms with E-state index >= 15 is 0 Å². The van der Waals surface area contributed by atoms with Gasteiger partial charge in [0, 0.05) is 26.2 Å². The van der Waals surface area contributed by atoms with E-state index in [-0.39, 0.29) is 12.5 Å². The van der Waals surface area contributed by atoms with Crippen molar-refractivity contribution in [3.8, 4) is 0 Å². The maximum Gasteiger partial charge on any atom is 0.307 e. The number of benzene rings is 1. The quantitative estimate of drug-likeness (QED) is 0.712. The summed E-state index contributed by atoms with van der Waals surface area (Å²) in [6.45, 7) is 3.95. The van der Waals surface area contributed by atoms with Gasteiger partial charge in [-0.2, -0.15) is 0 Å². The maximum absolute atomic E-state index is 10.9. The molecular weight excluding hydrogens is 242 g/mol. The zero-order valence-corrected chi connectivity index (χ0v) is 11.5. The van der Waals surface area contributed by atoms with Crippen molar-refractivity contribution < 1.29 is 15.0 Å². The van der Waals surface area contributed by atoms with Gasteiger partial charge in [-0.1, -0.05) is 37.3 Å². The predicted octanol–water partition coefficient (Wildman–Crippen LogP) is 1.63. The number of rotatable bonds is 9. The molecule has 0 bridgehead atoms. The second-order valence-corrected chi connectivity index (χ2v) is 4.85. The van der Waals surface area contributed by atoms with E-state index in [4.69, 9.17) is 10.2 Å². The van der Waals surface area contributed by atoms with Crippen LogP contribution in [0.15, 0.2) is 30.3 Å². The Labute approximate surface area is 114 Å². The van der Waals surface area contributed by atoms with Gasteiger partial charge in [0.1, 0.15) is 0 Å². The Bertz CT molecular complexity index is 367. The van der Waals surface area contributed by atoms with E-state index in [9.17, 15) is 4.79 Å². The van der Waals surface area contributed by atoms with Crippen LogP contribution in [-0.2, 0) is 11.2 Å². The number of carboxylic acids is 1. The van der Waals surface area contributed by atoms with Gasteiger partial charge >= 0.3 is 5.97 Å². The number of hydrogen-bond acceptors (Lipinski definition) is 3. The molecule has 0 radical (unpaired) electrons. The van der Waals surface area contributed by atoms with E-state index in [1.807, 2.05) is 18.2 Å². The van der Waals surface area contributed by atoms with E-state index in [1.165, 1.54) is 5.56 Å². The summed E-state index contributed by atoms with van der Waals surface area (Å²) < 4.78 is 0. The largest absolute Gasteiger partial charge is 0.481 e. The number of carbonyl (C=O) groups is 1. The van der Waals surface area contributed by atoms with Crippen LogP contribution in [0.1, 0.15) is 18.9 Å². The molecule has 1 rings (SSSR count). The molecule has 0 aliphatic heterocycles. The maximum atomic E-state index is 10.9. The zero-order valence-electron chi connectivity index (χ0n) is 11.5. The third kappa shape index (κ3) is 6.36. The highest BCUT2D eigenvalue weighted by molar-refractivity contribution is 5.69. The topological polar surface area (TPSA) is 60.8 Å². The fourth-order valence-corrected chi connectivity index (χ4v) is 1.99. The van der Waals surface area contributed by atoms with Crippen LogP contribution in [0.5, 0.6) is 0 Å². The molecule has 0 aromatic heterocycles. The van der Waals surface area contributed by atoms with Crippen molar-refractivity contribution in [2.24, 2.45) is 5.92 Å². The first-order valence-corrected chi connectivity index (χ1v) is 6.73. The number of carboxylic acid groups (broad SMARTS) is 1. The Morgan fingerprint density at radius 2 is 1.95 bits per heavy atom. The van der Waals surface area contributed by atoms with Crippen LogP contribution in [0.3, 0.4) is 0 Å². The van der Waals surface area contributed by atoms with Crippen LogP contribution in [0.2, 0.25) is 0 Å². The number of nitrogens with zero attached hydrogens (tertiary/aromatic N) is 1. The Kier molecular flexibility index (Phi) is 7.15. The van der Waals surface area contributed by atoms with Crippen molar-refractivity contribution in [3.05, 3.63) is 35.9 Å². The summed E-state index contributed by atoms with van der Waals surface area (Å²) >= 11 is 0. The molecular formula is C15H23NO3. The Morgan fingerprint density at radius 3 is 2.53 bits per heavy atom. The van der Waals surface area contributed by atoms with Crippen LogP contribution in [0.4, 0.5) is 0 Å². The second-order valence-electron chi connectivity index (χ2n) is 4.85. The fourth-order valence-electron chi connectivity index (χ4n) is 1.99. The number of hydrogen-bond donors (Lipinski definition) is 2. The molecule has 1 aromatic carbocycles. The fraction of sp³-hybridized carbons (Fsp3) is 0.533. The minimum Gasteiger partial charge on any atom is -0.481 e. The minimum absolute atomic E-state index is 0.142. The lowest BCUT2D eigenvalue weighted by Gasteiger charge is -2.23. The third-order valence-corrected chi connectivity index (χ3v) is 3.15. The molecule has 0 saturated heterocycles. The van der Waals surface area contributed by atoms with Gasteiger partial charge < -0.3 is 15.1 Å². The zero-order chi connectivity index (χ0) is 14.1. The Morgan fingerprint density at radius 1 is 1.26 bits per heavy atom. The molecule has 1 aromatic rings. The third-order valence-electron chi connectivity index (χ3n) is 3.15. The van der Waals surface area contributed by atoms with Crippen molar-refractivity contribution in [1.29, 1.82) is 0 Å². The van der Waals surface area contributed by atoms with Gasteiger partial charge in [-0.25, -0.2) is 0 Å². The molecule has 106 valence electrons. The summed E-state index contributed by atoms with van der Waals surface area (Å²) in [4.78, 5) is 13.0. The summed E-state index contributed by atoms with van der Waals surface area (Å²) in [5.74, 6) is -1.15. The highest BCUT2D eigenvalue weighted by atomic mass is 16.4. The molecule has 0 saturated carbocycles. The van der Waals surface area contributed by atoms with E-state index in [0.29, 0.717) is 13.0 Å². The first kappa shape index (κ1) is 15.7. The molecule has 0 fully saturated rings. The highest BCUT2D eigenvalue weighted by Crippen LogP contribution is 2.05. The van der Waals surface area contributed by atoms with Crippen molar-refractivity contribution in [3.63, 3.8) is 0 Å². The van der Waals surface area contributed by atoms with Crippen molar-refractivity contribution in [2.75, 3.05) is 26.2 Å². The molecule has 0 aliphatic carbocycles. The number of aliphatic hydroxyl groups is 1. The first-order valence-electron chi connectivity index (χ1n) is 6.73. The molecule has 2 N–H and O–H groups in total. The molecule has 0 spiro atoms. The van der Waals surface area contributed by atoms with Crippen LogP contribution in [0, 0.1) is 5.92 Å². The molecule has 4 heteroatoms. The van der Waals surface area contributed by atoms with Crippen LogP contribution in [-0.4, -0.2) is 47.3 Å². The standard InChI is InChI=1S/C15H23NO3/c1-13(15(18)19)12-16(9-5-11-17)10-8-14-6-3-2-4-7-14/h2-4,6-7,13,17H,5,8-12H2,1H3,(H,18,19). The van der Waals surface area contributed by atoms with Crippen LogP contribution in [0.25, 0.3) is 0 Å². The van der Waals surface area contributed by atoms with E-state index < -0.39 is 5.97 Å². The lowest BCUT2D eigenvalue weighted by Crippen LogP contribution is -2.34. The first-order chi connectivity index (χ1) is 9.13. The van der Waals surface area contributed by atoms with Gasteiger partial charge in [-0.3, -0.25) is 4.79 Å². The molecule has 0 amide bonds. The lowest BCUT2D eigenvalue weighted by atomic mass is 10.1. The highest BCUT2D eigenvalue weighted by Gasteiger charge is 2.15. The van der Waals surface area contributed by atoms with Crippen molar-refractivity contribution in [2.45, 2.75) is 19.8 Å². The summed E-state index contributed by atoms with van der Waals surface area (Å²) in [7, 11) is 0. The van der Waals surface area contributed by atoms with E-state index in [0.717, 1.165) is 19.5 Å². The lowest BCUT2D eigenvalue weighted by molar-refractivity contribution is -0.141. The summed E-state index contributed by atoms with van der Waals surface area (Å²) in [5, 5.41) is 17.9. The van der Waals surface area contributed by atoms with Crippen LogP contribution >= 0.6 is 0 Å². The van der Waals surface area contributed by atoms with Crippen molar-refractivity contribution >= 4 is 5.97 Å². The molecule has 4 nitrogen and oxygen atoms in total. The number of aliphatic hydroxyl groups excluding tert-OH is 1. The summed E-state index contributed by atoms with van der Waals surface area (Å²) in [6.07, 6.45) is 1.58. The average Bonchev–Trinajstić information content (AvgIpc) is 2.42. The minimum atomic E-state index is -0.770. The SMILES string of the molecule is CC(CN(CCCO)CCc1ccccc1)C(=O)O. The Hall–Kier alpha value is -1.39. The Balaban J connectivity index is 2.46. The molecule has 1 atom stereocenters. The molecule has 1 unspecified atom stereocenters. The van der Waals surface area contributed by atoms with Crippen LogP contribution < -0.4 is 0 Å². The normalized spacial score (nSPS) is 12.6.